The lowest BCUT2D eigenvalue weighted by Gasteiger charge is -2.22. The molecule has 0 radical (unpaired) electrons. The van der Waals surface area contributed by atoms with Gasteiger partial charge in [-0.25, -0.2) is 4.79 Å². The topological polar surface area (TPSA) is 59.6 Å². The van der Waals surface area contributed by atoms with Crippen LogP contribution in [0.3, 0.4) is 0 Å². The van der Waals surface area contributed by atoms with Gasteiger partial charge in [0.05, 0.1) is 12.2 Å². The fraction of sp³-hybridized carbons (Fsp3) is 0.933. The second kappa shape index (κ2) is 7.84. The van der Waals surface area contributed by atoms with E-state index >= 15 is 0 Å². The summed E-state index contributed by atoms with van der Waals surface area (Å²) < 4.78 is 11.0. The first-order valence-corrected chi connectivity index (χ1v) is 7.62. The van der Waals surface area contributed by atoms with E-state index in [1.165, 1.54) is 0 Å². The molecular formula is C15H30N2O3. The molecule has 0 aromatic heterocycles. The molecule has 1 aliphatic heterocycles. The van der Waals surface area contributed by atoms with Crippen LogP contribution in [-0.2, 0) is 9.47 Å². The molecule has 1 rings (SSSR count). The van der Waals surface area contributed by atoms with Crippen LogP contribution in [0.15, 0.2) is 0 Å². The highest BCUT2D eigenvalue weighted by Crippen LogP contribution is 2.18. The van der Waals surface area contributed by atoms with Crippen LogP contribution < -0.4 is 10.6 Å². The van der Waals surface area contributed by atoms with Crippen molar-refractivity contribution in [3.05, 3.63) is 0 Å². The normalized spacial score (nSPS) is 24.4. The first kappa shape index (κ1) is 17.2. The lowest BCUT2D eigenvalue weighted by atomic mass is 10.2. The third-order valence-electron chi connectivity index (χ3n) is 3.21. The van der Waals surface area contributed by atoms with Crippen molar-refractivity contribution in [1.29, 1.82) is 0 Å². The number of alkyl carbamates (subject to hydrolysis) is 1. The molecule has 0 spiro atoms. The molecule has 1 fully saturated rings. The first-order valence-electron chi connectivity index (χ1n) is 7.62. The molecule has 2 N–H and O–H groups in total. The molecule has 5 nitrogen and oxygen atoms in total. The number of hydrogen-bond acceptors (Lipinski definition) is 4. The standard InChI is InChI=1S/C15H30N2O3/c1-11(17-14(18)20-15(3,4)5)8-9-16-10-13-7-6-12(2)19-13/h11-13,16H,6-10H2,1-5H3,(H,17,18). The lowest BCUT2D eigenvalue weighted by molar-refractivity contribution is 0.0499. The number of ether oxygens (including phenoxy) is 2. The Hall–Kier alpha value is -0.810. The van der Waals surface area contributed by atoms with Crippen molar-refractivity contribution in [3.63, 3.8) is 0 Å². The molecule has 5 heteroatoms. The maximum atomic E-state index is 11.6. The van der Waals surface area contributed by atoms with Gasteiger partial charge in [0.25, 0.3) is 0 Å². The van der Waals surface area contributed by atoms with Crippen LogP contribution in [0.5, 0.6) is 0 Å². The molecule has 0 bridgehead atoms. The molecule has 0 aromatic carbocycles. The van der Waals surface area contributed by atoms with E-state index in [0.717, 1.165) is 32.4 Å². The van der Waals surface area contributed by atoms with Crippen molar-refractivity contribution in [2.75, 3.05) is 13.1 Å². The molecule has 0 saturated carbocycles. The summed E-state index contributed by atoms with van der Waals surface area (Å²) in [4.78, 5) is 11.6. The average Bonchev–Trinajstić information content (AvgIpc) is 2.67. The molecule has 1 heterocycles. The van der Waals surface area contributed by atoms with Crippen LogP contribution in [0.4, 0.5) is 4.79 Å². The summed E-state index contributed by atoms with van der Waals surface area (Å²) in [6.07, 6.45) is 3.57. The van der Waals surface area contributed by atoms with Gasteiger partial charge >= 0.3 is 6.09 Å². The number of rotatable bonds is 6. The van der Waals surface area contributed by atoms with Gasteiger partial charge in [0, 0.05) is 12.6 Å². The Morgan fingerprint density at radius 1 is 1.40 bits per heavy atom. The van der Waals surface area contributed by atoms with Crippen molar-refractivity contribution < 1.29 is 14.3 Å². The summed E-state index contributed by atoms with van der Waals surface area (Å²) in [5.41, 5.74) is -0.446. The summed E-state index contributed by atoms with van der Waals surface area (Å²) in [5.74, 6) is 0. The predicted octanol–water partition coefficient (Wildman–Crippen LogP) is 2.45. The van der Waals surface area contributed by atoms with Crippen molar-refractivity contribution in [2.45, 2.75) is 77.7 Å². The van der Waals surface area contributed by atoms with E-state index in [1.54, 1.807) is 0 Å². The summed E-state index contributed by atoms with van der Waals surface area (Å²) >= 11 is 0. The molecule has 118 valence electrons. The van der Waals surface area contributed by atoms with E-state index in [9.17, 15) is 4.79 Å². The maximum absolute atomic E-state index is 11.6. The van der Waals surface area contributed by atoms with Gasteiger partial charge in [-0.1, -0.05) is 0 Å². The van der Waals surface area contributed by atoms with E-state index in [-0.39, 0.29) is 12.1 Å². The van der Waals surface area contributed by atoms with Crippen LogP contribution in [0.25, 0.3) is 0 Å². The SMILES string of the molecule is CC(CCNCC1CCC(C)O1)NC(=O)OC(C)(C)C. The summed E-state index contributed by atoms with van der Waals surface area (Å²) in [6.45, 7) is 11.4. The largest absolute Gasteiger partial charge is 0.444 e. The van der Waals surface area contributed by atoms with E-state index in [0.29, 0.717) is 12.2 Å². The lowest BCUT2D eigenvalue weighted by Crippen LogP contribution is -2.39. The van der Waals surface area contributed by atoms with E-state index in [1.807, 2.05) is 27.7 Å². The second-order valence-electron chi connectivity index (χ2n) is 6.69. The van der Waals surface area contributed by atoms with E-state index < -0.39 is 5.60 Å². The van der Waals surface area contributed by atoms with Gasteiger partial charge in [-0.15, -0.1) is 0 Å². The Labute approximate surface area is 122 Å². The van der Waals surface area contributed by atoms with Crippen LogP contribution in [0, 0.1) is 0 Å². The number of nitrogens with one attached hydrogen (secondary N) is 2. The van der Waals surface area contributed by atoms with Crippen molar-refractivity contribution >= 4 is 6.09 Å². The Kier molecular flexibility index (Phi) is 6.76. The van der Waals surface area contributed by atoms with Crippen LogP contribution >= 0.6 is 0 Å². The third-order valence-corrected chi connectivity index (χ3v) is 3.21. The Bertz CT molecular complexity index is 302. The van der Waals surface area contributed by atoms with Crippen LogP contribution in [-0.4, -0.2) is 43.0 Å². The van der Waals surface area contributed by atoms with Crippen molar-refractivity contribution in [2.24, 2.45) is 0 Å². The Balaban J connectivity index is 2.05. The fourth-order valence-electron chi connectivity index (χ4n) is 2.20. The highest BCUT2D eigenvalue weighted by molar-refractivity contribution is 5.67. The van der Waals surface area contributed by atoms with Gasteiger partial charge in [-0.2, -0.15) is 0 Å². The highest BCUT2D eigenvalue weighted by Gasteiger charge is 2.21. The zero-order valence-electron chi connectivity index (χ0n) is 13.5. The number of amides is 1. The highest BCUT2D eigenvalue weighted by atomic mass is 16.6. The quantitative estimate of drug-likeness (QED) is 0.736. The zero-order chi connectivity index (χ0) is 15.2. The summed E-state index contributed by atoms with van der Waals surface area (Å²) in [5, 5.41) is 6.22. The van der Waals surface area contributed by atoms with E-state index in [4.69, 9.17) is 9.47 Å². The minimum atomic E-state index is -0.446. The zero-order valence-corrected chi connectivity index (χ0v) is 13.5. The molecule has 1 saturated heterocycles. The van der Waals surface area contributed by atoms with Gasteiger partial charge in [-0.05, 0) is 60.4 Å². The van der Waals surface area contributed by atoms with Crippen LogP contribution in [0.2, 0.25) is 0 Å². The molecule has 3 atom stereocenters. The van der Waals surface area contributed by atoms with E-state index in [2.05, 4.69) is 17.6 Å². The molecule has 3 unspecified atom stereocenters. The molecule has 1 amide bonds. The minimum absolute atomic E-state index is 0.0979. The third kappa shape index (κ3) is 7.70. The number of hydrogen-bond donors (Lipinski definition) is 2. The van der Waals surface area contributed by atoms with Gasteiger partial charge in [0.2, 0.25) is 0 Å². The predicted molar refractivity (Wildman–Crippen MR) is 79.9 cm³/mol. The molecule has 0 aliphatic carbocycles. The molecular weight excluding hydrogens is 256 g/mol. The van der Waals surface area contributed by atoms with Crippen molar-refractivity contribution in [1.82, 2.24) is 10.6 Å². The minimum Gasteiger partial charge on any atom is -0.444 e. The molecule has 1 aliphatic rings. The molecule has 0 aromatic rings. The van der Waals surface area contributed by atoms with Crippen molar-refractivity contribution in [3.8, 4) is 0 Å². The van der Waals surface area contributed by atoms with Gasteiger partial charge in [-0.3, -0.25) is 0 Å². The monoisotopic (exact) mass is 286 g/mol. The second-order valence-corrected chi connectivity index (χ2v) is 6.69. The Morgan fingerprint density at radius 2 is 2.10 bits per heavy atom. The smallest absolute Gasteiger partial charge is 0.407 e. The Morgan fingerprint density at radius 3 is 2.65 bits per heavy atom. The average molecular weight is 286 g/mol. The number of carbonyl (C=O) groups excluding carboxylic acids is 1. The van der Waals surface area contributed by atoms with Gasteiger partial charge in [0.1, 0.15) is 5.60 Å². The molecule has 20 heavy (non-hydrogen) atoms. The fourth-order valence-corrected chi connectivity index (χ4v) is 2.20. The maximum Gasteiger partial charge on any atom is 0.407 e. The number of carbonyl (C=O) groups is 1. The van der Waals surface area contributed by atoms with Crippen LogP contribution in [0.1, 0.15) is 53.9 Å². The van der Waals surface area contributed by atoms with Gasteiger partial charge < -0.3 is 20.1 Å². The summed E-state index contributed by atoms with van der Waals surface area (Å²) in [7, 11) is 0. The van der Waals surface area contributed by atoms with Gasteiger partial charge in [0.15, 0.2) is 0 Å². The first-order chi connectivity index (χ1) is 9.26. The summed E-state index contributed by atoms with van der Waals surface area (Å²) in [6, 6.07) is 0.0979.